The number of nitrogens with one attached hydrogen (secondary N) is 1. The zero-order valence-electron chi connectivity index (χ0n) is 14.8. The molecule has 0 saturated carbocycles. The van der Waals surface area contributed by atoms with Gasteiger partial charge in [0.1, 0.15) is 17.2 Å². The van der Waals surface area contributed by atoms with Crippen molar-refractivity contribution in [3.8, 4) is 17.2 Å². The molecule has 2 rings (SSSR count). The molecule has 134 valence electrons. The number of para-hydroxylation sites is 1. The first-order valence-corrected chi connectivity index (χ1v) is 8.34. The van der Waals surface area contributed by atoms with E-state index in [0.29, 0.717) is 28.0 Å². The molecular formula is C19H22ClNO4. The Morgan fingerprint density at radius 3 is 2.44 bits per heavy atom. The van der Waals surface area contributed by atoms with Crippen molar-refractivity contribution in [1.29, 1.82) is 0 Å². The van der Waals surface area contributed by atoms with Crippen LogP contribution in [0, 0.1) is 0 Å². The van der Waals surface area contributed by atoms with Crippen LogP contribution in [0.4, 0.5) is 5.69 Å². The average molecular weight is 364 g/mol. The number of amides is 1. The van der Waals surface area contributed by atoms with Crippen LogP contribution in [0.5, 0.6) is 17.2 Å². The number of hydrogen-bond acceptors (Lipinski definition) is 4. The molecule has 1 unspecified atom stereocenters. The van der Waals surface area contributed by atoms with Crippen molar-refractivity contribution in [3.63, 3.8) is 0 Å². The minimum absolute atomic E-state index is 0.298. The molecule has 2 aromatic carbocycles. The van der Waals surface area contributed by atoms with Crippen molar-refractivity contribution in [2.75, 3.05) is 19.5 Å². The van der Waals surface area contributed by atoms with Gasteiger partial charge in [0.15, 0.2) is 6.10 Å². The molecule has 0 aliphatic heterocycles. The molecule has 1 atom stereocenters. The molecule has 0 aliphatic rings. The Morgan fingerprint density at radius 2 is 1.80 bits per heavy atom. The van der Waals surface area contributed by atoms with Gasteiger partial charge >= 0.3 is 0 Å². The van der Waals surface area contributed by atoms with Gasteiger partial charge in [0, 0.05) is 12.1 Å². The fourth-order valence-corrected chi connectivity index (χ4v) is 2.58. The first-order valence-electron chi connectivity index (χ1n) is 7.97. The number of methoxy groups -OCH3 is 2. The molecule has 1 amide bonds. The molecule has 0 spiro atoms. The van der Waals surface area contributed by atoms with Crippen LogP contribution < -0.4 is 19.5 Å². The first kappa shape index (κ1) is 18.9. The molecule has 0 aliphatic carbocycles. The number of aryl methyl sites for hydroxylation is 1. The minimum Gasteiger partial charge on any atom is -0.495 e. The van der Waals surface area contributed by atoms with E-state index in [1.165, 1.54) is 14.2 Å². The van der Waals surface area contributed by atoms with Crippen LogP contribution in [-0.2, 0) is 11.2 Å². The second-order valence-electron chi connectivity index (χ2n) is 5.40. The van der Waals surface area contributed by atoms with Crippen molar-refractivity contribution in [2.45, 2.75) is 26.4 Å². The number of rotatable bonds is 7. The van der Waals surface area contributed by atoms with E-state index < -0.39 is 6.10 Å². The normalized spacial score (nSPS) is 11.6. The lowest BCUT2D eigenvalue weighted by Gasteiger charge is -2.18. The number of ether oxygens (including phenoxy) is 3. The highest BCUT2D eigenvalue weighted by Crippen LogP contribution is 2.36. The summed E-state index contributed by atoms with van der Waals surface area (Å²) in [6.07, 6.45) is 0.145. The summed E-state index contributed by atoms with van der Waals surface area (Å²) in [5, 5.41) is 3.19. The van der Waals surface area contributed by atoms with Crippen molar-refractivity contribution < 1.29 is 19.0 Å². The molecular weight excluding hydrogens is 342 g/mol. The highest BCUT2D eigenvalue weighted by Gasteiger charge is 2.19. The summed E-state index contributed by atoms with van der Waals surface area (Å²) in [6, 6.07) is 10.9. The number of halogens is 1. The minimum atomic E-state index is -0.681. The molecule has 0 bridgehead atoms. The predicted octanol–water partition coefficient (Wildman–Crippen LogP) is 4.33. The van der Waals surface area contributed by atoms with E-state index in [1.807, 2.05) is 31.2 Å². The van der Waals surface area contributed by atoms with Crippen LogP contribution in [0.2, 0.25) is 5.02 Å². The van der Waals surface area contributed by atoms with Crippen LogP contribution in [0.25, 0.3) is 0 Å². The van der Waals surface area contributed by atoms with Crippen molar-refractivity contribution in [3.05, 3.63) is 47.0 Å². The third-order valence-electron chi connectivity index (χ3n) is 3.76. The summed E-state index contributed by atoms with van der Waals surface area (Å²) in [5.74, 6) is 1.30. The number of hydrogen-bond donors (Lipinski definition) is 1. The molecule has 25 heavy (non-hydrogen) atoms. The van der Waals surface area contributed by atoms with Gasteiger partial charge < -0.3 is 19.5 Å². The topological polar surface area (TPSA) is 56.8 Å². The Balaban J connectivity index is 2.16. The maximum atomic E-state index is 12.5. The Morgan fingerprint density at radius 1 is 1.12 bits per heavy atom. The zero-order chi connectivity index (χ0) is 18.4. The second-order valence-corrected chi connectivity index (χ2v) is 5.80. The van der Waals surface area contributed by atoms with Gasteiger partial charge in [0.05, 0.1) is 24.9 Å². The quantitative estimate of drug-likeness (QED) is 0.795. The summed E-state index contributed by atoms with van der Waals surface area (Å²) >= 11 is 6.08. The molecule has 0 aromatic heterocycles. The van der Waals surface area contributed by atoms with Gasteiger partial charge in [0.25, 0.3) is 5.91 Å². The highest BCUT2D eigenvalue weighted by atomic mass is 35.5. The first-order chi connectivity index (χ1) is 12.0. The Labute approximate surface area is 152 Å². The van der Waals surface area contributed by atoms with E-state index in [-0.39, 0.29) is 5.91 Å². The summed E-state index contributed by atoms with van der Waals surface area (Å²) < 4.78 is 16.3. The lowest BCUT2D eigenvalue weighted by atomic mass is 10.1. The van der Waals surface area contributed by atoms with Crippen LogP contribution in [0.15, 0.2) is 36.4 Å². The highest BCUT2D eigenvalue weighted by molar-refractivity contribution is 6.32. The molecule has 5 nitrogen and oxygen atoms in total. The van der Waals surface area contributed by atoms with E-state index in [9.17, 15) is 4.79 Å². The van der Waals surface area contributed by atoms with Gasteiger partial charge in [-0.05, 0) is 25.0 Å². The number of anilines is 1. The lowest BCUT2D eigenvalue weighted by molar-refractivity contribution is -0.122. The number of carbonyl (C=O) groups is 1. The largest absolute Gasteiger partial charge is 0.495 e. The van der Waals surface area contributed by atoms with Gasteiger partial charge in [-0.15, -0.1) is 0 Å². The fourth-order valence-electron chi connectivity index (χ4n) is 2.35. The van der Waals surface area contributed by atoms with Gasteiger partial charge in [-0.25, -0.2) is 0 Å². The van der Waals surface area contributed by atoms with Gasteiger partial charge in [-0.2, -0.15) is 0 Å². The second kappa shape index (κ2) is 8.62. The summed E-state index contributed by atoms with van der Waals surface area (Å²) in [5.41, 5.74) is 1.51. The standard InChI is InChI=1S/C19H22ClNO4/c1-5-13-8-6-7-9-16(13)25-12(2)19(22)21-15-11-17(23-3)14(20)10-18(15)24-4/h6-12H,5H2,1-4H3,(H,21,22). The summed E-state index contributed by atoms with van der Waals surface area (Å²) in [4.78, 5) is 12.5. The van der Waals surface area contributed by atoms with Crippen molar-refractivity contribution in [2.24, 2.45) is 0 Å². The number of benzene rings is 2. The van der Waals surface area contributed by atoms with Gasteiger partial charge in [0.2, 0.25) is 0 Å². The van der Waals surface area contributed by atoms with Crippen LogP contribution >= 0.6 is 11.6 Å². The van der Waals surface area contributed by atoms with Gasteiger partial charge in [-0.3, -0.25) is 4.79 Å². The molecule has 6 heteroatoms. The van der Waals surface area contributed by atoms with Crippen LogP contribution in [0.3, 0.4) is 0 Å². The van der Waals surface area contributed by atoms with Crippen LogP contribution in [0.1, 0.15) is 19.4 Å². The van der Waals surface area contributed by atoms with E-state index in [4.69, 9.17) is 25.8 Å². The fraction of sp³-hybridized carbons (Fsp3) is 0.316. The smallest absolute Gasteiger partial charge is 0.265 e. The third-order valence-corrected chi connectivity index (χ3v) is 4.05. The van der Waals surface area contributed by atoms with E-state index in [0.717, 1.165) is 12.0 Å². The van der Waals surface area contributed by atoms with Crippen molar-refractivity contribution in [1.82, 2.24) is 0 Å². The maximum Gasteiger partial charge on any atom is 0.265 e. The SMILES string of the molecule is CCc1ccccc1OC(C)C(=O)Nc1cc(OC)c(Cl)cc1OC. The molecule has 0 heterocycles. The third kappa shape index (κ3) is 4.57. The Hall–Kier alpha value is -2.40. The number of carbonyl (C=O) groups excluding carboxylic acids is 1. The van der Waals surface area contributed by atoms with E-state index in [2.05, 4.69) is 5.32 Å². The van der Waals surface area contributed by atoms with Crippen molar-refractivity contribution >= 4 is 23.2 Å². The molecule has 0 fully saturated rings. The monoisotopic (exact) mass is 363 g/mol. The molecule has 0 radical (unpaired) electrons. The molecule has 1 N–H and O–H groups in total. The Bertz CT molecular complexity index is 748. The zero-order valence-corrected chi connectivity index (χ0v) is 15.5. The lowest BCUT2D eigenvalue weighted by Crippen LogP contribution is -2.30. The average Bonchev–Trinajstić information content (AvgIpc) is 2.62. The summed E-state index contributed by atoms with van der Waals surface area (Å²) in [7, 11) is 3.01. The Kier molecular flexibility index (Phi) is 6.53. The van der Waals surface area contributed by atoms with Gasteiger partial charge in [-0.1, -0.05) is 36.7 Å². The van der Waals surface area contributed by atoms with E-state index in [1.54, 1.807) is 19.1 Å². The molecule has 2 aromatic rings. The van der Waals surface area contributed by atoms with E-state index >= 15 is 0 Å². The predicted molar refractivity (Wildman–Crippen MR) is 99.1 cm³/mol. The summed E-state index contributed by atoms with van der Waals surface area (Å²) in [6.45, 7) is 3.74. The maximum absolute atomic E-state index is 12.5. The van der Waals surface area contributed by atoms with Crippen LogP contribution in [-0.4, -0.2) is 26.2 Å². The molecule has 0 saturated heterocycles.